The SMILES string of the molecule is O=C(CC1C(=O)N(c2ccccc2)C(=S)N1Cc1ccccc1)Nc1ccc(Cl)cc1. The normalized spacial score (nSPS) is 16.0. The van der Waals surface area contributed by atoms with Gasteiger partial charge in [0.1, 0.15) is 6.04 Å². The number of hydrogen-bond acceptors (Lipinski definition) is 3. The van der Waals surface area contributed by atoms with Crippen molar-refractivity contribution in [2.75, 3.05) is 10.2 Å². The lowest BCUT2D eigenvalue weighted by Crippen LogP contribution is -2.37. The number of anilines is 2. The number of nitrogens with zero attached hydrogens (tertiary/aromatic N) is 2. The molecule has 0 radical (unpaired) electrons. The van der Waals surface area contributed by atoms with Crippen molar-refractivity contribution in [2.24, 2.45) is 0 Å². The zero-order valence-corrected chi connectivity index (χ0v) is 18.1. The maximum atomic E-state index is 13.3. The largest absolute Gasteiger partial charge is 0.332 e. The Hall–Kier alpha value is -3.22. The van der Waals surface area contributed by atoms with Gasteiger partial charge in [0.15, 0.2) is 5.11 Å². The van der Waals surface area contributed by atoms with Crippen molar-refractivity contribution >= 4 is 52.1 Å². The lowest BCUT2D eigenvalue weighted by molar-refractivity contribution is -0.124. The van der Waals surface area contributed by atoms with Crippen LogP contribution in [0.5, 0.6) is 0 Å². The Labute approximate surface area is 191 Å². The molecular formula is C24H20ClN3O2S. The van der Waals surface area contributed by atoms with Gasteiger partial charge in [-0.3, -0.25) is 14.5 Å². The van der Waals surface area contributed by atoms with Gasteiger partial charge in [-0.25, -0.2) is 0 Å². The first-order valence-corrected chi connectivity index (χ1v) is 10.6. The molecule has 3 aromatic carbocycles. The maximum absolute atomic E-state index is 13.3. The molecule has 0 aromatic heterocycles. The topological polar surface area (TPSA) is 52.7 Å². The fourth-order valence-corrected chi connectivity index (χ4v) is 4.04. The standard InChI is InChI=1S/C24H20ClN3O2S/c25-18-11-13-19(14-12-18)26-22(29)15-21-23(30)28(20-9-5-2-6-10-20)24(31)27(21)16-17-7-3-1-4-8-17/h1-14,21H,15-16H2,(H,26,29). The van der Waals surface area contributed by atoms with Crippen LogP contribution in [0.1, 0.15) is 12.0 Å². The highest BCUT2D eigenvalue weighted by Gasteiger charge is 2.44. The molecule has 0 saturated carbocycles. The van der Waals surface area contributed by atoms with E-state index in [9.17, 15) is 9.59 Å². The lowest BCUT2D eigenvalue weighted by Gasteiger charge is -2.24. The average Bonchev–Trinajstić information content (AvgIpc) is 3.00. The first-order valence-electron chi connectivity index (χ1n) is 9.82. The second-order valence-corrected chi connectivity index (χ2v) is 7.98. The Balaban J connectivity index is 1.58. The highest BCUT2D eigenvalue weighted by atomic mass is 35.5. The van der Waals surface area contributed by atoms with Gasteiger partial charge in [-0.1, -0.05) is 60.1 Å². The molecule has 5 nitrogen and oxygen atoms in total. The van der Waals surface area contributed by atoms with Gasteiger partial charge in [-0.15, -0.1) is 0 Å². The highest BCUT2D eigenvalue weighted by Crippen LogP contribution is 2.28. The summed E-state index contributed by atoms with van der Waals surface area (Å²) < 4.78 is 0. The van der Waals surface area contributed by atoms with E-state index in [0.717, 1.165) is 5.56 Å². The molecule has 1 aliphatic rings. The molecule has 1 unspecified atom stereocenters. The van der Waals surface area contributed by atoms with E-state index in [1.807, 2.05) is 65.6 Å². The molecule has 7 heteroatoms. The van der Waals surface area contributed by atoms with Crippen molar-refractivity contribution in [1.82, 2.24) is 4.90 Å². The van der Waals surface area contributed by atoms with Gasteiger partial charge in [0.05, 0.1) is 12.1 Å². The van der Waals surface area contributed by atoms with Crippen LogP contribution in [0.25, 0.3) is 0 Å². The predicted molar refractivity (Wildman–Crippen MR) is 127 cm³/mol. The number of para-hydroxylation sites is 1. The van der Waals surface area contributed by atoms with E-state index in [4.69, 9.17) is 23.8 Å². The smallest absolute Gasteiger partial charge is 0.256 e. The van der Waals surface area contributed by atoms with Crippen LogP contribution in [0.3, 0.4) is 0 Å². The van der Waals surface area contributed by atoms with Crippen molar-refractivity contribution in [1.29, 1.82) is 0 Å². The molecular weight excluding hydrogens is 430 g/mol. The summed E-state index contributed by atoms with van der Waals surface area (Å²) in [5.74, 6) is -0.477. The second kappa shape index (κ2) is 9.29. The van der Waals surface area contributed by atoms with Gasteiger partial charge in [0.25, 0.3) is 5.91 Å². The van der Waals surface area contributed by atoms with E-state index in [-0.39, 0.29) is 18.2 Å². The number of halogens is 1. The molecule has 0 bridgehead atoms. The van der Waals surface area contributed by atoms with Gasteiger partial charge >= 0.3 is 0 Å². The van der Waals surface area contributed by atoms with Crippen molar-refractivity contribution in [3.63, 3.8) is 0 Å². The fraction of sp³-hybridized carbons (Fsp3) is 0.125. The zero-order chi connectivity index (χ0) is 21.8. The minimum absolute atomic E-state index is 0.0161. The quantitative estimate of drug-likeness (QED) is 0.545. The van der Waals surface area contributed by atoms with Crippen molar-refractivity contribution in [3.8, 4) is 0 Å². The summed E-state index contributed by atoms with van der Waals surface area (Å²) in [7, 11) is 0. The molecule has 1 fully saturated rings. The summed E-state index contributed by atoms with van der Waals surface area (Å²) in [6.45, 7) is 0.438. The van der Waals surface area contributed by atoms with Gasteiger partial charge in [-0.2, -0.15) is 0 Å². The molecule has 1 N–H and O–H groups in total. The molecule has 1 saturated heterocycles. The van der Waals surface area contributed by atoms with E-state index < -0.39 is 6.04 Å². The zero-order valence-electron chi connectivity index (χ0n) is 16.6. The number of carbonyl (C=O) groups is 2. The monoisotopic (exact) mass is 449 g/mol. The summed E-state index contributed by atoms with van der Waals surface area (Å²) in [6.07, 6.45) is -0.0161. The van der Waals surface area contributed by atoms with Gasteiger partial charge in [0.2, 0.25) is 5.91 Å². The average molecular weight is 450 g/mol. The molecule has 2 amide bonds. The molecule has 1 atom stereocenters. The number of thiocarbonyl (C=S) groups is 1. The summed E-state index contributed by atoms with van der Waals surface area (Å²) in [6, 6.07) is 25.2. The van der Waals surface area contributed by atoms with Crippen LogP contribution in [0.2, 0.25) is 5.02 Å². The van der Waals surface area contributed by atoms with Crippen molar-refractivity contribution < 1.29 is 9.59 Å². The van der Waals surface area contributed by atoms with Gasteiger partial charge in [-0.05, 0) is 54.2 Å². The van der Waals surface area contributed by atoms with E-state index in [0.29, 0.717) is 28.1 Å². The summed E-state index contributed by atoms with van der Waals surface area (Å²) in [5.41, 5.74) is 2.32. The molecule has 156 valence electrons. The third-order valence-corrected chi connectivity index (χ3v) is 5.70. The lowest BCUT2D eigenvalue weighted by atomic mass is 10.1. The first kappa shape index (κ1) is 21.0. The van der Waals surface area contributed by atoms with Crippen LogP contribution in [0, 0.1) is 0 Å². The highest BCUT2D eigenvalue weighted by molar-refractivity contribution is 7.80. The van der Waals surface area contributed by atoms with Crippen LogP contribution in [-0.2, 0) is 16.1 Å². The summed E-state index contributed by atoms with van der Waals surface area (Å²) >= 11 is 11.6. The Morgan fingerprint density at radius 2 is 1.55 bits per heavy atom. The number of nitrogens with one attached hydrogen (secondary N) is 1. The Morgan fingerprint density at radius 3 is 2.19 bits per heavy atom. The van der Waals surface area contributed by atoms with Crippen molar-refractivity contribution in [2.45, 2.75) is 19.0 Å². The van der Waals surface area contributed by atoms with Crippen LogP contribution in [0.4, 0.5) is 11.4 Å². The maximum Gasteiger partial charge on any atom is 0.256 e. The van der Waals surface area contributed by atoms with E-state index in [1.165, 1.54) is 4.90 Å². The molecule has 3 aromatic rings. The van der Waals surface area contributed by atoms with Gasteiger partial charge < -0.3 is 10.2 Å². The van der Waals surface area contributed by atoms with E-state index in [1.54, 1.807) is 24.3 Å². The third-order valence-electron chi connectivity index (χ3n) is 5.04. The van der Waals surface area contributed by atoms with E-state index in [2.05, 4.69) is 5.32 Å². The van der Waals surface area contributed by atoms with Crippen molar-refractivity contribution in [3.05, 3.63) is 95.5 Å². The molecule has 0 spiro atoms. The van der Waals surface area contributed by atoms with Gasteiger partial charge in [0, 0.05) is 17.3 Å². The molecule has 0 aliphatic carbocycles. The predicted octanol–water partition coefficient (Wildman–Crippen LogP) is 4.87. The minimum Gasteiger partial charge on any atom is -0.332 e. The van der Waals surface area contributed by atoms with E-state index >= 15 is 0 Å². The minimum atomic E-state index is -0.694. The Kier molecular flexibility index (Phi) is 6.30. The number of hydrogen-bond donors (Lipinski definition) is 1. The van der Waals surface area contributed by atoms with Crippen LogP contribution < -0.4 is 10.2 Å². The third kappa shape index (κ3) is 4.76. The fourth-order valence-electron chi connectivity index (χ4n) is 3.53. The number of benzene rings is 3. The Morgan fingerprint density at radius 1 is 0.935 bits per heavy atom. The molecule has 1 aliphatic heterocycles. The van der Waals surface area contributed by atoms with Crippen LogP contribution in [-0.4, -0.2) is 27.9 Å². The molecule has 31 heavy (non-hydrogen) atoms. The van der Waals surface area contributed by atoms with Crippen LogP contribution >= 0.6 is 23.8 Å². The summed E-state index contributed by atoms with van der Waals surface area (Å²) in [4.78, 5) is 29.4. The molecule has 4 rings (SSSR count). The number of rotatable bonds is 6. The van der Waals surface area contributed by atoms with Crippen LogP contribution in [0.15, 0.2) is 84.9 Å². The number of carbonyl (C=O) groups excluding carboxylic acids is 2. The number of amides is 2. The Bertz CT molecular complexity index is 1090. The second-order valence-electron chi connectivity index (χ2n) is 7.18. The first-order chi connectivity index (χ1) is 15.0. The molecule has 1 heterocycles. The summed E-state index contributed by atoms with van der Waals surface area (Å²) in [5, 5.41) is 3.81.